The number of carbonyl (C=O) groups excluding carboxylic acids is 1. The molecule has 2 aromatic carbocycles. The number of nitrogens with one attached hydrogen (secondary N) is 1. The van der Waals surface area contributed by atoms with E-state index in [1.54, 1.807) is 0 Å². The molecular weight excluding hydrogens is 424 g/mol. The number of rotatable bonds is 7. The van der Waals surface area contributed by atoms with Gasteiger partial charge < -0.3 is 15.8 Å². The van der Waals surface area contributed by atoms with Crippen LogP contribution in [0, 0.1) is 0 Å². The topological polar surface area (TPSA) is 64.3 Å². The summed E-state index contributed by atoms with van der Waals surface area (Å²) in [6.07, 6.45) is 0. The molecule has 0 radical (unpaired) electrons. The number of ether oxygens (including phenoxy) is 1. The second-order valence-corrected chi connectivity index (χ2v) is 6.87. The van der Waals surface area contributed by atoms with Crippen LogP contribution in [-0.4, -0.2) is 12.5 Å². The van der Waals surface area contributed by atoms with Crippen LogP contribution in [0.25, 0.3) is 0 Å². The van der Waals surface area contributed by atoms with Gasteiger partial charge >= 0.3 is 0 Å². The molecule has 23 heavy (non-hydrogen) atoms. The molecule has 1 amide bonds. The van der Waals surface area contributed by atoms with Gasteiger partial charge in [-0.2, -0.15) is 0 Å². The molecule has 3 N–H and O–H groups in total. The fourth-order valence-electron chi connectivity index (χ4n) is 2.13. The average Bonchev–Trinajstić information content (AvgIpc) is 2.52. The van der Waals surface area contributed by atoms with E-state index in [1.807, 2.05) is 30.3 Å². The van der Waals surface area contributed by atoms with E-state index in [2.05, 4.69) is 56.2 Å². The lowest BCUT2D eigenvalue weighted by Crippen LogP contribution is -2.20. The monoisotopic (exact) mass is 440 g/mol. The van der Waals surface area contributed by atoms with E-state index in [9.17, 15) is 4.79 Å². The Morgan fingerprint density at radius 1 is 1.22 bits per heavy atom. The van der Waals surface area contributed by atoms with Crippen LogP contribution in [0.2, 0.25) is 0 Å². The number of hydrogen-bond donors (Lipinski definition) is 2. The summed E-state index contributed by atoms with van der Waals surface area (Å²) in [4.78, 5) is 10.8. The normalized spacial score (nSPS) is 12.0. The molecule has 2 aromatic rings. The Morgan fingerprint density at radius 2 is 1.83 bits per heavy atom. The van der Waals surface area contributed by atoms with E-state index in [0.717, 1.165) is 14.5 Å². The molecule has 2 rings (SSSR count). The number of amides is 1. The molecule has 0 aliphatic carbocycles. The highest BCUT2D eigenvalue weighted by Crippen LogP contribution is 2.34. The van der Waals surface area contributed by atoms with Crippen molar-refractivity contribution in [3.05, 3.63) is 62.5 Å². The first-order valence-electron chi connectivity index (χ1n) is 7.14. The number of primary amides is 1. The van der Waals surface area contributed by atoms with Crippen molar-refractivity contribution in [2.75, 3.05) is 6.61 Å². The second kappa shape index (κ2) is 8.47. The molecule has 0 aliphatic rings. The van der Waals surface area contributed by atoms with E-state index in [1.165, 1.54) is 5.56 Å². The highest BCUT2D eigenvalue weighted by molar-refractivity contribution is 9.11. The second-order valence-electron chi connectivity index (χ2n) is 5.16. The zero-order chi connectivity index (χ0) is 16.8. The molecule has 1 atom stereocenters. The highest BCUT2D eigenvalue weighted by Gasteiger charge is 2.11. The van der Waals surface area contributed by atoms with Gasteiger partial charge in [-0.15, -0.1) is 0 Å². The molecule has 122 valence electrons. The Bertz CT molecular complexity index is 655. The summed E-state index contributed by atoms with van der Waals surface area (Å²) in [6.45, 7) is 2.69. The number of hydrogen-bond acceptors (Lipinski definition) is 3. The van der Waals surface area contributed by atoms with E-state index in [0.29, 0.717) is 12.3 Å². The Hall–Kier alpha value is -1.37. The van der Waals surface area contributed by atoms with E-state index < -0.39 is 5.91 Å². The first-order valence-corrected chi connectivity index (χ1v) is 8.73. The quantitative estimate of drug-likeness (QED) is 0.684. The lowest BCUT2D eigenvalue weighted by Gasteiger charge is -2.16. The van der Waals surface area contributed by atoms with Crippen molar-refractivity contribution in [1.29, 1.82) is 0 Å². The standard InChI is InChI=1S/C17H18Br2N2O2/c1-11(13-5-3-2-4-6-13)21-9-12-7-14(18)17(15(19)8-12)23-10-16(20)22/h2-8,11,21H,9-10H2,1H3,(H2,20,22)/t11-/m1/s1. The van der Waals surface area contributed by atoms with Crippen LogP contribution in [-0.2, 0) is 11.3 Å². The fourth-order valence-corrected chi connectivity index (χ4v) is 3.64. The van der Waals surface area contributed by atoms with Gasteiger partial charge in [0.25, 0.3) is 5.91 Å². The molecule has 4 nitrogen and oxygen atoms in total. The minimum atomic E-state index is -0.508. The van der Waals surface area contributed by atoms with Crippen molar-refractivity contribution in [2.45, 2.75) is 19.5 Å². The smallest absolute Gasteiger partial charge is 0.255 e. The van der Waals surface area contributed by atoms with Crippen molar-refractivity contribution in [2.24, 2.45) is 5.73 Å². The van der Waals surface area contributed by atoms with Gasteiger partial charge in [0.2, 0.25) is 0 Å². The first kappa shape index (κ1) is 18.0. The van der Waals surface area contributed by atoms with Gasteiger partial charge in [-0.05, 0) is 62.0 Å². The Balaban J connectivity index is 2.02. The van der Waals surface area contributed by atoms with Crippen molar-refractivity contribution < 1.29 is 9.53 Å². The summed E-state index contributed by atoms with van der Waals surface area (Å²) in [7, 11) is 0. The van der Waals surface area contributed by atoms with Crippen LogP contribution in [0.5, 0.6) is 5.75 Å². The average molecular weight is 442 g/mol. The molecule has 0 fully saturated rings. The lowest BCUT2D eigenvalue weighted by molar-refractivity contribution is -0.119. The molecule has 6 heteroatoms. The summed E-state index contributed by atoms with van der Waals surface area (Å²) in [6, 6.07) is 14.5. The van der Waals surface area contributed by atoms with Gasteiger partial charge in [-0.3, -0.25) is 4.79 Å². The third-order valence-corrected chi connectivity index (χ3v) is 4.51. The zero-order valence-corrected chi connectivity index (χ0v) is 15.9. The number of carbonyl (C=O) groups is 1. The number of benzene rings is 2. The fraction of sp³-hybridized carbons (Fsp3) is 0.235. The molecule has 0 aromatic heterocycles. The molecule has 0 bridgehead atoms. The maximum absolute atomic E-state index is 10.8. The van der Waals surface area contributed by atoms with Gasteiger partial charge in [0, 0.05) is 12.6 Å². The van der Waals surface area contributed by atoms with Gasteiger partial charge in [0.05, 0.1) is 8.95 Å². The third kappa shape index (κ3) is 5.34. The van der Waals surface area contributed by atoms with Crippen LogP contribution in [0.15, 0.2) is 51.4 Å². The molecule has 0 unspecified atom stereocenters. The minimum Gasteiger partial charge on any atom is -0.481 e. The summed E-state index contributed by atoms with van der Waals surface area (Å²) in [5.41, 5.74) is 7.44. The van der Waals surface area contributed by atoms with Gasteiger partial charge in [0.1, 0.15) is 5.75 Å². The molecule has 0 aliphatic heterocycles. The largest absolute Gasteiger partial charge is 0.481 e. The van der Waals surface area contributed by atoms with Crippen LogP contribution < -0.4 is 15.8 Å². The van der Waals surface area contributed by atoms with Crippen molar-refractivity contribution >= 4 is 37.8 Å². The summed E-state index contributed by atoms with van der Waals surface area (Å²) < 4.78 is 6.94. The Morgan fingerprint density at radius 3 is 2.39 bits per heavy atom. The highest BCUT2D eigenvalue weighted by atomic mass is 79.9. The van der Waals surface area contributed by atoms with Gasteiger partial charge in [0.15, 0.2) is 6.61 Å². The van der Waals surface area contributed by atoms with Crippen LogP contribution in [0.1, 0.15) is 24.1 Å². The summed E-state index contributed by atoms with van der Waals surface area (Å²) in [5, 5.41) is 3.48. The molecule has 0 saturated heterocycles. The SMILES string of the molecule is C[C@@H](NCc1cc(Br)c(OCC(N)=O)c(Br)c1)c1ccccc1. The van der Waals surface area contributed by atoms with Crippen LogP contribution >= 0.6 is 31.9 Å². The predicted octanol–water partition coefficient (Wildman–Crippen LogP) is 3.93. The van der Waals surface area contributed by atoms with E-state index in [-0.39, 0.29) is 12.6 Å². The number of halogens is 2. The molecule has 0 spiro atoms. The number of nitrogens with two attached hydrogens (primary N) is 1. The van der Waals surface area contributed by atoms with Crippen LogP contribution in [0.4, 0.5) is 0 Å². The van der Waals surface area contributed by atoms with Gasteiger partial charge in [-0.1, -0.05) is 30.3 Å². The van der Waals surface area contributed by atoms with Crippen LogP contribution in [0.3, 0.4) is 0 Å². The van der Waals surface area contributed by atoms with Crippen molar-refractivity contribution in [1.82, 2.24) is 5.32 Å². The van der Waals surface area contributed by atoms with E-state index >= 15 is 0 Å². The maximum atomic E-state index is 10.8. The van der Waals surface area contributed by atoms with E-state index in [4.69, 9.17) is 10.5 Å². The molecule has 0 heterocycles. The Kier molecular flexibility index (Phi) is 6.62. The van der Waals surface area contributed by atoms with Crippen molar-refractivity contribution in [3.63, 3.8) is 0 Å². The predicted molar refractivity (Wildman–Crippen MR) is 98.2 cm³/mol. The molecule has 0 saturated carbocycles. The van der Waals surface area contributed by atoms with Crippen molar-refractivity contribution in [3.8, 4) is 5.75 Å². The molecular formula is C17H18Br2N2O2. The first-order chi connectivity index (χ1) is 11.0. The summed E-state index contributed by atoms with van der Waals surface area (Å²) in [5.74, 6) is 0.0647. The minimum absolute atomic E-state index is 0.153. The summed E-state index contributed by atoms with van der Waals surface area (Å²) >= 11 is 6.93. The zero-order valence-electron chi connectivity index (χ0n) is 12.7. The maximum Gasteiger partial charge on any atom is 0.255 e. The van der Waals surface area contributed by atoms with Gasteiger partial charge in [-0.25, -0.2) is 0 Å². The third-order valence-electron chi connectivity index (χ3n) is 3.33. The Labute approximate surface area is 152 Å². The lowest BCUT2D eigenvalue weighted by atomic mass is 10.1.